The van der Waals surface area contributed by atoms with Gasteiger partial charge in [0.2, 0.25) is 0 Å². The summed E-state index contributed by atoms with van der Waals surface area (Å²) < 4.78 is 9.12. The molecule has 0 amide bonds. The van der Waals surface area contributed by atoms with Crippen LogP contribution in [0.25, 0.3) is 66.3 Å². The molecule has 3 aromatic heterocycles. The van der Waals surface area contributed by atoms with E-state index in [1.54, 1.807) is 13.3 Å². The number of benzene rings is 4. The quantitative estimate of drug-likeness (QED) is 0.160. The predicted molar refractivity (Wildman–Crippen MR) is 178 cm³/mol. The molecule has 4 nitrogen and oxygen atoms in total. The molecule has 42 heavy (non-hydrogen) atoms. The first-order chi connectivity index (χ1) is 20.6. The van der Waals surface area contributed by atoms with Crippen LogP contribution in [0.1, 0.15) is 23.6 Å². The SMILES string of the molecule is CN=C/C=C\C=C(/C)c1c(C)c2c(c3ccccc3n2-c2cccc(-c3ccccn3)c2C)c2c1oc1ccccc12. The topological polar surface area (TPSA) is 43.3 Å². The zero-order valence-corrected chi connectivity index (χ0v) is 24.2. The van der Waals surface area contributed by atoms with E-state index in [0.29, 0.717) is 0 Å². The van der Waals surface area contributed by atoms with Crippen LogP contribution in [0, 0.1) is 13.8 Å². The first-order valence-electron chi connectivity index (χ1n) is 14.2. The fourth-order valence-electron chi connectivity index (χ4n) is 6.42. The van der Waals surface area contributed by atoms with Gasteiger partial charge >= 0.3 is 0 Å². The average molecular weight is 546 g/mol. The molecule has 0 aliphatic heterocycles. The summed E-state index contributed by atoms with van der Waals surface area (Å²) in [5, 5.41) is 4.71. The summed E-state index contributed by atoms with van der Waals surface area (Å²) in [7, 11) is 1.78. The Balaban J connectivity index is 1.67. The van der Waals surface area contributed by atoms with Crippen molar-refractivity contribution in [1.29, 1.82) is 0 Å². The maximum Gasteiger partial charge on any atom is 0.143 e. The number of hydrogen-bond acceptors (Lipinski definition) is 3. The molecule has 7 aromatic rings. The van der Waals surface area contributed by atoms with E-state index < -0.39 is 0 Å². The number of pyridine rings is 1. The lowest BCUT2D eigenvalue weighted by atomic mass is 9.93. The van der Waals surface area contributed by atoms with Crippen LogP contribution in [0.4, 0.5) is 0 Å². The number of aliphatic imine (C=N–C) groups is 1. The van der Waals surface area contributed by atoms with E-state index in [1.807, 2.05) is 36.5 Å². The van der Waals surface area contributed by atoms with Gasteiger partial charge in [0.25, 0.3) is 0 Å². The van der Waals surface area contributed by atoms with Gasteiger partial charge in [0, 0.05) is 57.8 Å². The van der Waals surface area contributed by atoms with Crippen LogP contribution < -0.4 is 0 Å². The van der Waals surface area contributed by atoms with Crippen molar-refractivity contribution in [1.82, 2.24) is 9.55 Å². The van der Waals surface area contributed by atoms with Gasteiger partial charge in [0.05, 0.1) is 16.7 Å². The third-order valence-corrected chi connectivity index (χ3v) is 8.25. The Kier molecular flexibility index (Phi) is 6.32. The maximum atomic E-state index is 6.68. The summed E-state index contributed by atoms with van der Waals surface area (Å²) >= 11 is 0. The highest BCUT2D eigenvalue weighted by atomic mass is 16.3. The van der Waals surface area contributed by atoms with Gasteiger partial charge in [-0.25, -0.2) is 0 Å². The maximum absolute atomic E-state index is 6.68. The minimum Gasteiger partial charge on any atom is -0.455 e. The number of furan rings is 1. The lowest BCUT2D eigenvalue weighted by molar-refractivity contribution is 0.667. The third kappa shape index (κ3) is 3.91. The number of fused-ring (bicyclic) bond motifs is 7. The minimum absolute atomic E-state index is 0.896. The van der Waals surface area contributed by atoms with Crippen LogP contribution in [0.15, 0.2) is 119 Å². The van der Waals surface area contributed by atoms with Gasteiger partial charge < -0.3 is 8.98 Å². The largest absolute Gasteiger partial charge is 0.455 e. The highest BCUT2D eigenvalue weighted by molar-refractivity contribution is 6.29. The van der Waals surface area contributed by atoms with Gasteiger partial charge in [-0.2, -0.15) is 0 Å². The molecule has 4 heteroatoms. The number of hydrogen-bond donors (Lipinski definition) is 0. The van der Waals surface area contributed by atoms with Crippen molar-refractivity contribution < 1.29 is 4.42 Å². The third-order valence-electron chi connectivity index (χ3n) is 8.25. The molecule has 0 fully saturated rings. The standard InChI is InChI=1S/C38H31N3O/c1-24(14-9-11-22-39-4)34-26(3)37-35(36-29-16-6-8-21-33(29)42-38(34)36)28-15-5-7-19-32(28)41(37)31-20-13-17-27(25(31)2)30-18-10-12-23-40-30/h5-23H,1-4H3/b11-9-,24-14+,39-22?. The molecule has 0 N–H and O–H groups in total. The molecule has 204 valence electrons. The van der Waals surface area contributed by atoms with Crippen LogP contribution >= 0.6 is 0 Å². The lowest BCUT2D eigenvalue weighted by Gasteiger charge is -2.17. The fourth-order valence-corrected chi connectivity index (χ4v) is 6.42. The Morgan fingerprint density at radius 3 is 2.40 bits per heavy atom. The number of allylic oxidation sites excluding steroid dienone is 4. The first-order valence-corrected chi connectivity index (χ1v) is 14.2. The molecular formula is C38H31N3O. The highest BCUT2D eigenvalue weighted by Gasteiger charge is 2.25. The summed E-state index contributed by atoms with van der Waals surface area (Å²) in [5.74, 6) is 0. The summed E-state index contributed by atoms with van der Waals surface area (Å²) in [6.45, 7) is 6.59. The molecule has 0 spiro atoms. The summed E-state index contributed by atoms with van der Waals surface area (Å²) in [5.41, 5.74) is 12.1. The van der Waals surface area contributed by atoms with Crippen LogP contribution in [0.3, 0.4) is 0 Å². The molecule has 0 atom stereocenters. The fraction of sp³-hybridized carbons (Fsp3) is 0.105. The van der Waals surface area contributed by atoms with Gasteiger partial charge in [0.15, 0.2) is 0 Å². The van der Waals surface area contributed by atoms with E-state index in [-0.39, 0.29) is 0 Å². The average Bonchev–Trinajstić information content (AvgIpc) is 3.56. The molecule has 0 unspecified atom stereocenters. The molecule has 0 aliphatic carbocycles. The van der Waals surface area contributed by atoms with Gasteiger partial charge in [-0.3, -0.25) is 9.98 Å². The number of aromatic nitrogens is 2. The normalized spacial score (nSPS) is 12.7. The molecule has 7 rings (SSSR count). The number of nitrogens with zero attached hydrogens (tertiary/aromatic N) is 3. The summed E-state index contributed by atoms with van der Waals surface area (Å²) in [6.07, 6.45) is 9.79. The zero-order valence-electron chi connectivity index (χ0n) is 24.2. The van der Waals surface area contributed by atoms with E-state index in [9.17, 15) is 0 Å². The Labute approximate surface area is 245 Å². The zero-order chi connectivity index (χ0) is 28.8. The van der Waals surface area contributed by atoms with Crippen molar-refractivity contribution in [3.63, 3.8) is 0 Å². The monoisotopic (exact) mass is 545 g/mol. The van der Waals surface area contributed by atoms with Crippen molar-refractivity contribution in [2.24, 2.45) is 4.99 Å². The van der Waals surface area contributed by atoms with E-state index in [2.05, 4.69) is 108 Å². The molecule has 0 aliphatic rings. The molecule has 0 radical (unpaired) electrons. The van der Waals surface area contributed by atoms with Crippen LogP contribution in [-0.4, -0.2) is 22.8 Å². The van der Waals surface area contributed by atoms with Gasteiger partial charge in [-0.15, -0.1) is 0 Å². The van der Waals surface area contributed by atoms with Gasteiger partial charge in [-0.05, 0) is 73.9 Å². The minimum atomic E-state index is 0.896. The molecule has 4 aromatic carbocycles. The van der Waals surface area contributed by atoms with E-state index in [1.165, 1.54) is 32.9 Å². The van der Waals surface area contributed by atoms with Crippen LogP contribution in [-0.2, 0) is 0 Å². The van der Waals surface area contributed by atoms with E-state index >= 15 is 0 Å². The van der Waals surface area contributed by atoms with Crippen LogP contribution in [0.2, 0.25) is 0 Å². The number of aryl methyl sites for hydroxylation is 1. The Bertz CT molecular complexity index is 2230. The Morgan fingerprint density at radius 1 is 0.810 bits per heavy atom. The molecule has 0 saturated heterocycles. The van der Waals surface area contributed by atoms with Crippen molar-refractivity contribution >= 4 is 55.5 Å². The van der Waals surface area contributed by atoms with Crippen molar-refractivity contribution in [3.05, 3.63) is 126 Å². The Morgan fingerprint density at radius 2 is 1.60 bits per heavy atom. The van der Waals surface area contributed by atoms with Gasteiger partial charge in [-0.1, -0.05) is 66.7 Å². The molecular weight excluding hydrogens is 514 g/mol. The smallest absolute Gasteiger partial charge is 0.143 e. The summed E-state index contributed by atoms with van der Waals surface area (Å²) in [4.78, 5) is 8.76. The first kappa shape index (κ1) is 25.7. The summed E-state index contributed by atoms with van der Waals surface area (Å²) in [6, 6.07) is 29.7. The second-order valence-electron chi connectivity index (χ2n) is 10.7. The number of rotatable bonds is 5. The van der Waals surface area contributed by atoms with Crippen molar-refractivity contribution in [2.45, 2.75) is 20.8 Å². The van der Waals surface area contributed by atoms with Gasteiger partial charge in [0.1, 0.15) is 11.2 Å². The van der Waals surface area contributed by atoms with Crippen LogP contribution in [0.5, 0.6) is 0 Å². The predicted octanol–water partition coefficient (Wildman–Crippen LogP) is 10.0. The highest BCUT2D eigenvalue weighted by Crippen LogP contribution is 2.46. The second kappa shape index (κ2) is 10.3. The molecule has 0 saturated carbocycles. The lowest BCUT2D eigenvalue weighted by Crippen LogP contribution is -2.01. The van der Waals surface area contributed by atoms with Crippen molar-refractivity contribution in [2.75, 3.05) is 7.05 Å². The molecule has 0 bridgehead atoms. The van der Waals surface area contributed by atoms with E-state index in [0.717, 1.165) is 50.0 Å². The Hall–Kier alpha value is -5.22. The number of para-hydroxylation sites is 2. The molecule has 3 heterocycles. The second-order valence-corrected chi connectivity index (χ2v) is 10.7. The van der Waals surface area contributed by atoms with Crippen molar-refractivity contribution in [3.8, 4) is 16.9 Å². The van der Waals surface area contributed by atoms with E-state index in [4.69, 9.17) is 4.42 Å².